The predicted octanol–water partition coefficient (Wildman–Crippen LogP) is 3.97. The molecule has 1 saturated heterocycles. The molecule has 0 bridgehead atoms. The summed E-state index contributed by atoms with van der Waals surface area (Å²) >= 11 is 0. The second-order valence-corrected chi connectivity index (χ2v) is 11.1. The van der Waals surface area contributed by atoms with E-state index in [0.29, 0.717) is 37.1 Å². The topological polar surface area (TPSA) is 144 Å². The molecule has 3 aliphatic rings. The number of aliphatic hydroxyl groups excluding tert-OH is 1. The van der Waals surface area contributed by atoms with Gasteiger partial charge in [-0.15, -0.1) is 0 Å². The Morgan fingerprint density at radius 3 is 2.45 bits per heavy atom. The Morgan fingerprint density at radius 1 is 1.15 bits per heavy atom. The van der Waals surface area contributed by atoms with Gasteiger partial charge in [-0.05, 0) is 57.3 Å². The molecule has 3 fully saturated rings. The fourth-order valence-corrected chi connectivity index (χ4v) is 5.81. The lowest BCUT2D eigenvalue weighted by molar-refractivity contribution is -0.106. The van der Waals surface area contributed by atoms with E-state index in [1.807, 2.05) is 13.8 Å². The Morgan fingerprint density at radius 2 is 1.85 bits per heavy atom. The quantitative estimate of drug-likeness (QED) is 0.249. The number of amides is 1. The SMILES string of the molecule is CC.CC1CCC(Cn2c(N3CCOC[C@H]3C)nc3nc(C(N)=NC=O)nc(N[C@H](C)C4CCC4)c32)CC1.CO. The number of rotatable bonds is 8. The van der Waals surface area contributed by atoms with Gasteiger partial charge in [-0.3, -0.25) is 4.79 Å². The molecule has 3 heterocycles. The summed E-state index contributed by atoms with van der Waals surface area (Å²) in [6.45, 7) is 13.8. The Kier molecular flexibility index (Phi) is 12.1. The summed E-state index contributed by atoms with van der Waals surface area (Å²) in [6.07, 6.45) is 9.12. The number of ether oxygens (including phenoxy) is 1. The average Bonchev–Trinajstić information content (AvgIpc) is 3.29. The van der Waals surface area contributed by atoms with Crippen LogP contribution in [0.3, 0.4) is 0 Å². The van der Waals surface area contributed by atoms with E-state index in [0.717, 1.165) is 43.4 Å². The Labute approximate surface area is 239 Å². The second-order valence-electron chi connectivity index (χ2n) is 11.1. The van der Waals surface area contributed by atoms with Crippen LogP contribution in [0.1, 0.15) is 85.4 Å². The lowest BCUT2D eigenvalue weighted by atomic mass is 9.80. The van der Waals surface area contributed by atoms with Crippen molar-refractivity contribution in [2.24, 2.45) is 28.5 Å². The van der Waals surface area contributed by atoms with Gasteiger partial charge in [0.1, 0.15) is 5.52 Å². The number of nitrogens with one attached hydrogen (secondary N) is 1. The molecule has 2 aromatic heterocycles. The Bertz CT molecular complexity index is 1110. The minimum Gasteiger partial charge on any atom is -0.400 e. The number of carbonyl (C=O) groups is 1. The van der Waals surface area contributed by atoms with Gasteiger partial charge in [0.25, 0.3) is 0 Å². The highest BCUT2D eigenvalue weighted by Crippen LogP contribution is 2.36. The van der Waals surface area contributed by atoms with E-state index in [1.54, 1.807) is 0 Å². The van der Waals surface area contributed by atoms with E-state index in [4.69, 9.17) is 30.5 Å². The van der Waals surface area contributed by atoms with Crippen LogP contribution < -0.4 is 16.0 Å². The molecule has 224 valence electrons. The highest BCUT2D eigenvalue weighted by molar-refractivity contribution is 6.00. The minimum absolute atomic E-state index is 0.00311. The number of aliphatic imine (C=N–C) groups is 1. The summed E-state index contributed by atoms with van der Waals surface area (Å²) in [5.41, 5.74) is 7.57. The number of aromatic nitrogens is 4. The van der Waals surface area contributed by atoms with Crippen molar-refractivity contribution in [1.82, 2.24) is 19.5 Å². The van der Waals surface area contributed by atoms with Crippen LogP contribution in [0.15, 0.2) is 4.99 Å². The largest absolute Gasteiger partial charge is 0.400 e. The fourth-order valence-electron chi connectivity index (χ4n) is 5.81. The second kappa shape index (κ2) is 15.3. The summed E-state index contributed by atoms with van der Waals surface area (Å²) in [4.78, 5) is 31.6. The number of hydrogen-bond donors (Lipinski definition) is 3. The first-order valence-electron chi connectivity index (χ1n) is 15.1. The lowest BCUT2D eigenvalue weighted by Gasteiger charge is -2.35. The van der Waals surface area contributed by atoms with Crippen LogP contribution in [0.25, 0.3) is 11.2 Å². The molecular weight excluding hydrogens is 508 g/mol. The van der Waals surface area contributed by atoms with Gasteiger partial charge in [0.2, 0.25) is 12.4 Å². The first-order chi connectivity index (χ1) is 19.4. The first-order valence-corrected chi connectivity index (χ1v) is 15.1. The van der Waals surface area contributed by atoms with Crippen molar-refractivity contribution in [3.8, 4) is 0 Å². The molecule has 4 N–H and O–H groups in total. The summed E-state index contributed by atoms with van der Waals surface area (Å²) in [6, 6.07) is 0.471. The first kappa shape index (κ1) is 31.7. The Balaban J connectivity index is 0.00000106. The molecule has 5 rings (SSSR count). The summed E-state index contributed by atoms with van der Waals surface area (Å²) in [5, 5.41) is 10.7. The molecule has 0 aromatic carbocycles. The number of anilines is 2. The van der Waals surface area contributed by atoms with E-state index in [9.17, 15) is 4.79 Å². The summed E-state index contributed by atoms with van der Waals surface area (Å²) < 4.78 is 8.06. The lowest BCUT2D eigenvalue weighted by Crippen LogP contribution is -2.45. The number of nitrogens with zero attached hydrogens (tertiary/aromatic N) is 6. The van der Waals surface area contributed by atoms with Gasteiger partial charge in [0.15, 0.2) is 23.1 Å². The van der Waals surface area contributed by atoms with Gasteiger partial charge in [0.05, 0.1) is 19.3 Å². The van der Waals surface area contributed by atoms with Crippen molar-refractivity contribution >= 4 is 35.2 Å². The van der Waals surface area contributed by atoms with Crippen LogP contribution in [-0.4, -0.2) is 75.8 Å². The molecule has 1 amide bonds. The van der Waals surface area contributed by atoms with Crippen LogP contribution in [0.4, 0.5) is 11.8 Å². The van der Waals surface area contributed by atoms with Gasteiger partial charge in [-0.25, -0.2) is 9.97 Å². The molecule has 0 unspecified atom stereocenters. The van der Waals surface area contributed by atoms with Crippen molar-refractivity contribution in [2.45, 2.75) is 98.2 Å². The van der Waals surface area contributed by atoms with Crippen molar-refractivity contribution in [1.29, 1.82) is 0 Å². The van der Waals surface area contributed by atoms with Crippen molar-refractivity contribution in [3.05, 3.63) is 5.82 Å². The van der Waals surface area contributed by atoms with Crippen LogP contribution in [0, 0.1) is 17.8 Å². The number of fused-ring (bicyclic) bond motifs is 1. The van der Waals surface area contributed by atoms with E-state index < -0.39 is 0 Å². The third kappa shape index (κ3) is 7.28. The van der Waals surface area contributed by atoms with Crippen molar-refractivity contribution in [3.63, 3.8) is 0 Å². The fraction of sp³-hybridized carbons (Fsp3) is 0.759. The number of imidazole rings is 1. The van der Waals surface area contributed by atoms with E-state index >= 15 is 0 Å². The zero-order valence-corrected chi connectivity index (χ0v) is 25.3. The highest BCUT2D eigenvalue weighted by atomic mass is 16.5. The van der Waals surface area contributed by atoms with Gasteiger partial charge >= 0.3 is 0 Å². The molecule has 11 heteroatoms. The van der Waals surface area contributed by atoms with E-state index in [2.05, 4.69) is 40.5 Å². The number of amidine groups is 1. The molecule has 2 saturated carbocycles. The summed E-state index contributed by atoms with van der Waals surface area (Å²) in [7, 11) is 1.00. The van der Waals surface area contributed by atoms with Crippen LogP contribution in [-0.2, 0) is 16.1 Å². The maximum atomic E-state index is 11.0. The molecular formula is C29H50N8O3. The number of morpholine rings is 1. The van der Waals surface area contributed by atoms with Crippen LogP contribution in [0.5, 0.6) is 0 Å². The third-order valence-electron chi connectivity index (χ3n) is 8.43. The monoisotopic (exact) mass is 558 g/mol. The zero-order chi connectivity index (χ0) is 29.2. The highest BCUT2D eigenvalue weighted by Gasteiger charge is 2.31. The zero-order valence-electron chi connectivity index (χ0n) is 25.3. The van der Waals surface area contributed by atoms with E-state index in [-0.39, 0.29) is 23.7 Å². The maximum absolute atomic E-state index is 11.0. The molecule has 40 heavy (non-hydrogen) atoms. The number of carbonyl (C=O) groups excluding carboxylic acids is 1. The number of aliphatic hydroxyl groups is 1. The normalized spacial score (nSPS) is 24.2. The molecule has 2 aliphatic carbocycles. The average molecular weight is 559 g/mol. The van der Waals surface area contributed by atoms with Gasteiger partial charge in [-0.1, -0.05) is 40.0 Å². The van der Waals surface area contributed by atoms with Crippen molar-refractivity contribution in [2.75, 3.05) is 37.1 Å². The number of nitrogens with two attached hydrogens (primary N) is 1. The molecule has 1 aliphatic heterocycles. The van der Waals surface area contributed by atoms with Gasteiger partial charge in [-0.2, -0.15) is 9.98 Å². The molecule has 2 atom stereocenters. The molecule has 2 aromatic rings. The van der Waals surface area contributed by atoms with E-state index in [1.165, 1.54) is 44.9 Å². The molecule has 11 nitrogen and oxygen atoms in total. The summed E-state index contributed by atoms with van der Waals surface area (Å²) in [5.74, 6) is 3.88. The van der Waals surface area contributed by atoms with Crippen LogP contribution in [0.2, 0.25) is 0 Å². The van der Waals surface area contributed by atoms with Crippen LogP contribution >= 0.6 is 0 Å². The molecule has 0 radical (unpaired) electrons. The Hall–Kier alpha value is -2.79. The standard InChI is InChI=1S/C26H40N8O2.C2H6.CH4O/c1-16-7-9-19(10-8-16)13-34-21-23(29-18(3)20-5-4-6-20)30-25(22(27)28-15-35)31-24(21)32-26(34)33-11-12-36-14-17(33)2;2*1-2/h15-20H,4-14H2,1-3H3,(H2,27,28,35)(H,29,30,31);1-2H3;2H,1H3/t16?,17-,18-,19?;;/m1../s1. The molecule has 0 spiro atoms. The third-order valence-corrected chi connectivity index (χ3v) is 8.43. The van der Waals surface area contributed by atoms with Crippen molar-refractivity contribution < 1.29 is 14.6 Å². The van der Waals surface area contributed by atoms with Gasteiger partial charge < -0.3 is 30.4 Å². The maximum Gasteiger partial charge on any atom is 0.234 e. The van der Waals surface area contributed by atoms with Gasteiger partial charge in [0, 0.05) is 26.2 Å². The number of hydrogen-bond acceptors (Lipinski definition) is 8. The smallest absolute Gasteiger partial charge is 0.234 e. The predicted molar refractivity (Wildman–Crippen MR) is 161 cm³/mol. The minimum atomic E-state index is 0.00311.